The Morgan fingerprint density at radius 3 is 2.46 bits per heavy atom. The van der Waals surface area contributed by atoms with E-state index in [-0.39, 0.29) is 5.78 Å². The van der Waals surface area contributed by atoms with Crippen LogP contribution in [0.25, 0.3) is 0 Å². The lowest BCUT2D eigenvalue weighted by atomic mass is 10.1. The van der Waals surface area contributed by atoms with Gasteiger partial charge in [0, 0.05) is 18.1 Å². The predicted molar refractivity (Wildman–Crippen MR) is 97.3 cm³/mol. The van der Waals surface area contributed by atoms with Crippen LogP contribution in [0, 0.1) is 0 Å². The maximum atomic E-state index is 12.8. The zero-order valence-electron chi connectivity index (χ0n) is 12.9. The highest BCUT2D eigenvalue weighted by Crippen LogP contribution is 2.27. The SMILES string of the molecule is O=C(C(=S)N1CCOCC1)c1ccccc1Oc1ccc(Cl)cc1. The minimum atomic E-state index is -0.212. The number of hydrogen-bond donors (Lipinski definition) is 0. The van der Waals surface area contributed by atoms with Crippen LogP contribution >= 0.6 is 23.8 Å². The molecule has 2 aromatic carbocycles. The number of halogens is 1. The lowest BCUT2D eigenvalue weighted by Gasteiger charge is -2.28. The summed E-state index contributed by atoms with van der Waals surface area (Å²) in [5.74, 6) is 0.869. The molecule has 0 saturated carbocycles. The quantitative estimate of drug-likeness (QED) is 0.608. The molecule has 1 aliphatic rings. The molecule has 1 saturated heterocycles. The Labute approximate surface area is 150 Å². The van der Waals surface area contributed by atoms with E-state index < -0.39 is 0 Å². The van der Waals surface area contributed by atoms with Gasteiger partial charge in [-0.15, -0.1) is 0 Å². The van der Waals surface area contributed by atoms with Crippen LogP contribution in [0.15, 0.2) is 48.5 Å². The molecule has 0 unspecified atom stereocenters. The first-order valence-electron chi connectivity index (χ1n) is 7.59. The number of rotatable bonds is 4. The van der Waals surface area contributed by atoms with Crippen molar-refractivity contribution in [3.8, 4) is 11.5 Å². The zero-order valence-corrected chi connectivity index (χ0v) is 14.5. The van der Waals surface area contributed by atoms with Crippen LogP contribution in [-0.4, -0.2) is 42.0 Å². The summed E-state index contributed by atoms with van der Waals surface area (Å²) in [6.07, 6.45) is 0. The van der Waals surface area contributed by atoms with Crippen LogP contribution in [0.5, 0.6) is 11.5 Å². The first-order chi connectivity index (χ1) is 11.6. The van der Waals surface area contributed by atoms with Crippen molar-refractivity contribution in [2.45, 2.75) is 0 Å². The molecule has 0 aromatic heterocycles. The third kappa shape index (κ3) is 3.93. The molecule has 3 rings (SSSR count). The van der Waals surface area contributed by atoms with E-state index in [1.54, 1.807) is 42.5 Å². The molecule has 0 amide bonds. The maximum Gasteiger partial charge on any atom is 0.223 e. The molecule has 1 fully saturated rings. The first kappa shape index (κ1) is 16.9. The van der Waals surface area contributed by atoms with Crippen LogP contribution in [0.4, 0.5) is 0 Å². The number of morpholine rings is 1. The Kier molecular flexibility index (Phi) is 5.45. The summed E-state index contributed by atoms with van der Waals surface area (Å²) < 4.78 is 11.1. The minimum Gasteiger partial charge on any atom is -0.457 e. The van der Waals surface area contributed by atoms with Gasteiger partial charge in [0.2, 0.25) is 5.78 Å². The van der Waals surface area contributed by atoms with Crippen LogP contribution in [0.1, 0.15) is 10.4 Å². The fourth-order valence-corrected chi connectivity index (χ4v) is 2.82. The average Bonchev–Trinajstić information content (AvgIpc) is 2.63. The normalized spacial score (nSPS) is 14.3. The molecule has 24 heavy (non-hydrogen) atoms. The smallest absolute Gasteiger partial charge is 0.223 e. The number of carbonyl (C=O) groups excluding carboxylic acids is 1. The molecule has 0 spiro atoms. The molecular weight excluding hydrogens is 346 g/mol. The number of hydrogen-bond acceptors (Lipinski definition) is 4. The first-order valence-corrected chi connectivity index (χ1v) is 8.37. The molecule has 1 heterocycles. The third-order valence-corrected chi connectivity index (χ3v) is 4.36. The van der Waals surface area contributed by atoms with Crippen molar-refractivity contribution in [2.75, 3.05) is 26.3 Å². The molecule has 0 N–H and O–H groups in total. The number of ether oxygens (including phenoxy) is 2. The maximum absolute atomic E-state index is 12.8. The van der Waals surface area contributed by atoms with Gasteiger partial charge in [0.15, 0.2) is 4.99 Å². The van der Waals surface area contributed by atoms with Gasteiger partial charge < -0.3 is 14.4 Å². The van der Waals surface area contributed by atoms with E-state index in [0.29, 0.717) is 53.4 Å². The highest BCUT2D eigenvalue weighted by atomic mass is 35.5. The van der Waals surface area contributed by atoms with Gasteiger partial charge in [0.05, 0.1) is 18.8 Å². The van der Waals surface area contributed by atoms with Gasteiger partial charge >= 0.3 is 0 Å². The molecule has 1 aliphatic heterocycles. The number of benzene rings is 2. The van der Waals surface area contributed by atoms with Gasteiger partial charge in [-0.25, -0.2) is 0 Å². The molecule has 0 aliphatic carbocycles. The molecule has 0 radical (unpaired) electrons. The van der Waals surface area contributed by atoms with Crippen molar-refractivity contribution in [1.29, 1.82) is 0 Å². The number of para-hydroxylation sites is 1. The van der Waals surface area contributed by atoms with Crippen LogP contribution in [0.2, 0.25) is 5.02 Å². The fraction of sp³-hybridized carbons (Fsp3) is 0.222. The van der Waals surface area contributed by atoms with Crippen molar-refractivity contribution in [2.24, 2.45) is 0 Å². The van der Waals surface area contributed by atoms with Crippen LogP contribution in [-0.2, 0) is 4.74 Å². The van der Waals surface area contributed by atoms with E-state index in [9.17, 15) is 4.79 Å². The van der Waals surface area contributed by atoms with Crippen molar-refractivity contribution in [3.05, 3.63) is 59.1 Å². The van der Waals surface area contributed by atoms with Crippen LogP contribution in [0.3, 0.4) is 0 Å². The second-order valence-corrected chi connectivity index (χ2v) is 6.11. The van der Waals surface area contributed by atoms with Gasteiger partial charge in [0.1, 0.15) is 11.5 Å². The second kappa shape index (κ2) is 7.75. The zero-order chi connectivity index (χ0) is 16.9. The summed E-state index contributed by atoms with van der Waals surface area (Å²) in [4.78, 5) is 15.0. The Bertz CT molecular complexity index is 742. The van der Waals surface area contributed by atoms with Gasteiger partial charge in [-0.3, -0.25) is 4.79 Å². The van der Waals surface area contributed by atoms with Crippen molar-refractivity contribution < 1.29 is 14.3 Å². The summed E-state index contributed by atoms with van der Waals surface area (Å²) >= 11 is 11.2. The lowest BCUT2D eigenvalue weighted by molar-refractivity contribution is 0.0670. The second-order valence-electron chi connectivity index (χ2n) is 5.29. The number of ketones is 1. The molecule has 124 valence electrons. The monoisotopic (exact) mass is 361 g/mol. The van der Waals surface area contributed by atoms with Gasteiger partial charge in [-0.2, -0.15) is 0 Å². The van der Waals surface area contributed by atoms with Gasteiger partial charge in [-0.1, -0.05) is 36.0 Å². The molecule has 0 bridgehead atoms. The summed E-state index contributed by atoms with van der Waals surface area (Å²) in [5, 5.41) is 0.625. The highest BCUT2D eigenvalue weighted by Gasteiger charge is 2.23. The summed E-state index contributed by atoms with van der Waals surface area (Å²) in [6, 6.07) is 14.1. The minimum absolute atomic E-state index is 0.212. The molecule has 2 aromatic rings. The van der Waals surface area contributed by atoms with Crippen LogP contribution < -0.4 is 4.74 Å². The number of nitrogens with zero attached hydrogens (tertiary/aromatic N) is 1. The number of carbonyl (C=O) groups is 1. The van der Waals surface area contributed by atoms with E-state index in [1.165, 1.54) is 0 Å². The lowest BCUT2D eigenvalue weighted by Crippen LogP contribution is -2.43. The Hall–Kier alpha value is -1.95. The number of thiocarbonyl (C=S) groups is 1. The highest BCUT2D eigenvalue weighted by molar-refractivity contribution is 7.82. The van der Waals surface area contributed by atoms with E-state index in [1.807, 2.05) is 11.0 Å². The van der Waals surface area contributed by atoms with Crippen molar-refractivity contribution >= 4 is 34.6 Å². The Balaban J connectivity index is 1.81. The van der Waals surface area contributed by atoms with Gasteiger partial charge in [-0.05, 0) is 36.4 Å². The number of Topliss-reactive ketones (excluding diaryl/α,β-unsaturated/α-hetero) is 1. The van der Waals surface area contributed by atoms with E-state index in [4.69, 9.17) is 33.3 Å². The Morgan fingerprint density at radius 1 is 1.08 bits per heavy atom. The molecule has 0 atom stereocenters. The standard InChI is InChI=1S/C18H16ClNO3S/c19-13-5-7-14(8-6-13)23-16-4-2-1-3-15(16)17(21)18(24)20-9-11-22-12-10-20/h1-8H,9-12H2. The van der Waals surface area contributed by atoms with E-state index in [2.05, 4.69) is 0 Å². The van der Waals surface area contributed by atoms with Gasteiger partial charge in [0.25, 0.3) is 0 Å². The average molecular weight is 362 g/mol. The van der Waals surface area contributed by atoms with E-state index >= 15 is 0 Å². The predicted octanol–water partition coefficient (Wildman–Crippen LogP) is 3.97. The summed E-state index contributed by atoms with van der Waals surface area (Å²) in [5.41, 5.74) is 0.448. The topological polar surface area (TPSA) is 38.8 Å². The van der Waals surface area contributed by atoms with Crippen molar-refractivity contribution in [1.82, 2.24) is 4.90 Å². The Morgan fingerprint density at radius 2 is 1.75 bits per heavy atom. The molecular formula is C18H16ClNO3S. The molecule has 6 heteroatoms. The fourth-order valence-electron chi connectivity index (χ4n) is 2.40. The van der Waals surface area contributed by atoms with E-state index in [0.717, 1.165) is 0 Å². The largest absolute Gasteiger partial charge is 0.457 e. The van der Waals surface area contributed by atoms with Crippen molar-refractivity contribution in [3.63, 3.8) is 0 Å². The third-order valence-electron chi connectivity index (χ3n) is 3.67. The molecule has 4 nitrogen and oxygen atoms in total. The summed E-state index contributed by atoms with van der Waals surface area (Å²) in [7, 11) is 0. The summed E-state index contributed by atoms with van der Waals surface area (Å²) in [6.45, 7) is 2.42.